The Morgan fingerprint density at radius 1 is 1.12 bits per heavy atom. The normalized spacial score (nSPS) is 13.8. The molecule has 0 aliphatic heterocycles. The number of ether oxygens (including phenoxy) is 1. The van der Waals surface area contributed by atoms with Crippen LogP contribution in [0.25, 0.3) is 0 Å². The molecule has 0 aliphatic rings. The number of carbonyl (C=O) groups excluding carboxylic acids is 1. The van der Waals surface area contributed by atoms with Crippen LogP contribution in [0, 0.1) is 0 Å². The Morgan fingerprint density at radius 2 is 1.81 bits per heavy atom. The molecule has 1 aromatic carbocycles. The van der Waals surface area contributed by atoms with E-state index in [1.165, 1.54) is 6.92 Å². The Morgan fingerprint density at radius 3 is 2.38 bits per heavy atom. The van der Waals surface area contributed by atoms with Crippen molar-refractivity contribution in [2.45, 2.75) is 81.5 Å². The number of unbranched alkanes of at least 4 members (excludes halogenated alkanes) is 4. The quantitative estimate of drug-likeness (QED) is 0.272. The lowest BCUT2D eigenvalue weighted by molar-refractivity contribution is -0.146. The molecular weight excluding hydrogens is 348 g/mol. The average molecular weight is 381 g/mol. The third-order valence-corrected chi connectivity index (χ3v) is 6.71. The molecule has 2 atom stereocenters. The van der Waals surface area contributed by atoms with Gasteiger partial charge in [-0.3, -0.25) is 4.79 Å². The number of allylic oxidation sites excluding steroid dienone is 1. The van der Waals surface area contributed by atoms with Crippen LogP contribution in [-0.4, -0.2) is 25.7 Å². The van der Waals surface area contributed by atoms with Crippen LogP contribution < -0.4 is 0 Å². The lowest BCUT2D eigenvalue weighted by atomic mass is 10.0. The molecule has 0 N–H and O–H groups in total. The highest BCUT2D eigenvalue weighted by Gasteiger charge is 2.36. The molecule has 4 nitrogen and oxygen atoms in total. The van der Waals surface area contributed by atoms with Crippen molar-refractivity contribution in [1.82, 2.24) is 0 Å². The summed E-state index contributed by atoms with van der Waals surface area (Å²) in [6.45, 7) is 7.18. The van der Waals surface area contributed by atoms with Gasteiger partial charge < -0.3 is 4.74 Å². The minimum Gasteiger partial charge on any atom is -0.461 e. The van der Waals surface area contributed by atoms with Gasteiger partial charge in [0.25, 0.3) is 0 Å². The van der Waals surface area contributed by atoms with Gasteiger partial charge in [-0.15, -0.1) is 6.58 Å². The van der Waals surface area contributed by atoms with Crippen LogP contribution in [0.2, 0.25) is 0 Å². The predicted molar refractivity (Wildman–Crippen MR) is 106 cm³/mol. The highest BCUT2D eigenvalue weighted by atomic mass is 32.2. The van der Waals surface area contributed by atoms with E-state index in [2.05, 4.69) is 13.5 Å². The summed E-state index contributed by atoms with van der Waals surface area (Å²) in [4.78, 5) is 11.9. The van der Waals surface area contributed by atoms with Gasteiger partial charge in [-0.2, -0.15) is 0 Å². The van der Waals surface area contributed by atoms with Gasteiger partial charge in [0.15, 0.2) is 9.84 Å². The molecule has 0 saturated heterocycles. The van der Waals surface area contributed by atoms with Crippen LogP contribution in [0.4, 0.5) is 0 Å². The molecule has 0 spiro atoms. The SMILES string of the molecule is C=CCCCC(C(CCCCCC)OC(C)=O)S(=O)(=O)c1ccccc1. The first-order valence-corrected chi connectivity index (χ1v) is 11.0. The molecule has 5 heteroatoms. The van der Waals surface area contributed by atoms with Crippen LogP contribution in [0.1, 0.15) is 65.2 Å². The van der Waals surface area contributed by atoms with Gasteiger partial charge in [-0.05, 0) is 44.2 Å². The highest BCUT2D eigenvalue weighted by Crippen LogP contribution is 2.27. The first kappa shape index (κ1) is 22.4. The summed E-state index contributed by atoms with van der Waals surface area (Å²) in [7, 11) is -3.58. The number of rotatable bonds is 13. The second-order valence-electron chi connectivity index (χ2n) is 6.61. The zero-order valence-corrected chi connectivity index (χ0v) is 16.8. The molecule has 0 amide bonds. The van der Waals surface area contributed by atoms with E-state index >= 15 is 0 Å². The van der Waals surface area contributed by atoms with Gasteiger partial charge >= 0.3 is 5.97 Å². The Bertz CT molecular complexity index is 637. The molecule has 1 rings (SSSR count). The highest BCUT2D eigenvalue weighted by molar-refractivity contribution is 7.92. The van der Waals surface area contributed by atoms with Crippen molar-refractivity contribution in [3.63, 3.8) is 0 Å². The fraction of sp³-hybridized carbons (Fsp3) is 0.571. The van der Waals surface area contributed by atoms with Crippen molar-refractivity contribution in [3.8, 4) is 0 Å². The lowest BCUT2D eigenvalue weighted by Crippen LogP contribution is -2.37. The molecule has 0 aliphatic carbocycles. The average Bonchev–Trinajstić information content (AvgIpc) is 2.62. The van der Waals surface area contributed by atoms with Crippen molar-refractivity contribution >= 4 is 15.8 Å². The number of carbonyl (C=O) groups is 1. The number of esters is 1. The molecule has 0 aromatic heterocycles. The lowest BCUT2D eigenvalue weighted by Gasteiger charge is -2.27. The Hall–Kier alpha value is -1.62. The molecule has 2 unspecified atom stereocenters. The minimum atomic E-state index is -3.58. The molecule has 1 aromatic rings. The fourth-order valence-electron chi connectivity index (χ4n) is 3.10. The van der Waals surface area contributed by atoms with Gasteiger partial charge in [0.2, 0.25) is 0 Å². The van der Waals surface area contributed by atoms with Crippen LogP contribution in [0.5, 0.6) is 0 Å². The summed E-state index contributed by atoms with van der Waals surface area (Å²) in [5.74, 6) is -0.428. The fourth-order valence-corrected chi connectivity index (χ4v) is 5.05. The Labute approximate surface area is 158 Å². The minimum absolute atomic E-state index is 0.286. The summed E-state index contributed by atoms with van der Waals surface area (Å²) >= 11 is 0. The standard InChI is InChI=1S/C21H32O4S/c1-4-6-8-13-16-20(25-18(3)22)21(17-10-7-5-2)26(23,24)19-14-11-9-12-15-19/h5,9,11-12,14-15,20-21H,2,4,6-8,10,13,16-17H2,1,3H3. The first-order valence-electron chi connectivity index (χ1n) is 9.50. The van der Waals surface area contributed by atoms with E-state index in [-0.39, 0.29) is 4.90 Å². The molecular formula is C21H32O4S. The second-order valence-corrected chi connectivity index (χ2v) is 8.78. The maximum Gasteiger partial charge on any atom is 0.302 e. The van der Waals surface area contributed by atoms with Crippen molar-refractivity contribution < 1.29 is 17.9 Å². The number of sulfone groups is 1. The zero-order valence-electron chi connectivity index (χ0n) is 16.0. The molecule has 0 fully saturated rings. The topological polar surface area (TPSA) is 60.4 Å². The monoisotopic (exact) mass is 380 g/mol. The summed E-state index contributed by atoms with van der Waals surface area (Å²) < 4.78 is 31.9. The largest absolute Gasteiger partial charge is 0.461 e. The molecule has 0 radical (unpaired) electrons. The van der Waals surface area contributed by atoms with Crippen LogP contribution >= 0.6 is 0 Å². The van der Waals surface area contributed by atoms with Gasteiger partial charge in [0.1, 0.15) is 11.4 Å². The van der Waals surface area contributed by atoms with Crippen LogP contribution in [-0.2, 0) is 19.4 Å². The van der Waals surface area contributed by atoms with Gasteiger partial charge in [-0.25, -0.2) is 8.42 Å². The van der Waals surface area contributed by atoms with Gasteiger partial charge in [0, 0.05) is 6.92 Å². The van der Waals surface area contributed by atoms with Crippen LogP contribution in [0.15, 0.2) is 47.9 Å². The zero-order chi connectivity index (χ0) is 19.4. The number of hydrogen-bond acceptors (Lipinski definition) is 4. The van der Waals surface area contributed by atoms with E-state index in [0.717, 1.165) is 32.1 Å². The van der Waals surface area contributed by atoms with E-state index in [4.69, 9.17) is 4.74 Å². The van der Waals surface area contributed by atoms with Crippen molar-refractivity contribution in [2.75, 3.05) is 0 Å². The van der Waals surface area contributed by atoms with Gasteiger partial charge in [-0.1, -0.05) is 50.5 Å². The van der Waals surface area contributed by atoms with E-state index in [1.54, 1.807) is 36.4 Å². The van der Waals surface area contributed by atoms with E-state index in [9.17, 15) is 13.2 Å². The first-order chi connectivity index (χ1) is 12.4. The molecule has 0 saturated carbocycles. The predicted octanol–water partition coefficient (Wildman–Crippen LogP) is 5.09. The molecule has 146 valence electrons. The number of benzene rings is 1. The summed E-state index contributed by atoms with van der Waals surface area (Å²) in [6.07, 6.45) is 7.71. The number of hydrogen-bond donors (Lipinski definition) is 0. The maximum atomic E-state index is 13.2. The maximum absolute atomic E-state index is 13.2. The summed E-state index contributed by atoms with van der Waals surface area (Å²) in [5, 5.41) is -0.727. The second kappa shape index (κ2) is 11.9. The summed E-state index contributed by atoms with van der Waals surface area (Å²) in [5.41, 5.74) is 0. The molecule has 26 heavy (non-hydrogen) atoms. The van der Waals surface area contributed by atoms with E-state index in [1.807, 2.05) is 0 Å². The Balaban J connectivity index is 3.08. The van der Waals surface area contributed by atoms with Crippen molar-refractivity contribution in [3.05, 3.63) is 43.0 Å². The molecule has 0 heterocycles. The third kappa shape index (κ3) is 7.32. The van der Waals surface area contributed by atoms with E-state index in [0.29, 0.717) is 19.3 Å². The van der Waals surface area contributed by atoms with E-state index < -0.39 is 27.2 Å². The van der Waals surface area contributed by atoms with Crippen LogP contribution in [0.3, 0.4) is 0 Å². The third-order valence-electron chi connectivity index (χ3n) is 4.44. The smallest absolute Gasteiger partial charge is 0.302 e. The summed E-state index contributed by atoms with van der Waals surface area (Å²) in [6, 6.07) is 8.45. The van der Waals surface area contributed by atoms with Gasteiger partial charge in [0.05, 0.1) is 4.90 Å². The van der Waals surface area contributed by atoms with Crippen molar-refractivity contribution in [1.29, 1.82) is 0 Å². The molecule has 0 bridgehead atoms. The Kier molecular flexibility index (Phi) is 10.3. The van der Waals surface area contributed by atoms with Crippen molar-refractivity contribution in [2.24, 2.45) is 0 Å².